The third-order valence-corrected chi connectivity index (χ3v) is 2.90. The normalized spacial score (nSPS) is 21.6. The maximum atomic E-state index is 12.8. The summed E-state index contributed by atoms with van der Waals surface area (Å²) in [6.45, 7) is 2.12. The topological polar surface area (TPSA) is 58.6 Å². The van der Waals surface area contributed by atoms with Crippen LogP contribution >= 0.6 is 0 Å². The van der Waals surface area contributed by atoms with Gasteiger partial charge < -0.3 is 9.84 Å². The fourth-order valence-electron chi connectivity index (χ4n) is 1.94. The molecule has 0 radical (unpaired) electrons. The molecular weight excluding hydrogens is 261 g/mol. The van der Waals surface area contributed by atoms with Gasteiger partial charge in [0.15, 0.2) is 5.78 Å². The number of rotatable bonds is 5. The average Bonchev–Trinajstić information content (AvgIpc) is 2.74. The van der Waals surface area contributed by atoms with E-state index < -0.39 is 12.5 Å². The lowest BCUT2D eigenvalue weighted by Gasteiger charge is -2.18. The minimum Gasteiger partial charge on any atom is -0.356 e. The Morgan fingerprint density at radius 1 is 1.45 bits per heavy atom. The first-order chi connectivity index (χ1) is 9.60. The summed E-state index contributed by atoms with van der Waals surface area (Å²) in [5, 5.41) is 12.3. The first-order valence-corrected chi connectivity index (χ1v) is 6.35. The van der Waals surface area contributed by atoms with Crippen LogP contribution in [0.3, 0.4) is 0 Å². The van der Waals surface area contributed by atoms with Gasteiger partial charge in [0.25, 0.3) is 0 Å². The van der Waals surface area contributed by atoms with Gasteiger partial charge in [-0.25, -0.2) is 4.39 Å². The molecule has 20 heavy (non-hydrogen) atoms. The zero-order chi connectivity index (χ0) is 14.5. The van der Waals surface area contributed by atoms with Crippen LogP contribution in [-0.4, -0.2) is 30.0 Å². The summed E-state index contributed by atoms with van der Waals surface area (Å²) in [7, 11) is 0. The van der Waals surface area contributed by atoms with E-state index in [0.29, 0.717) is 12.2 Å². The first kappa shape index (κ1) is 14.6. The van der Waals surface area contributed by atoms with Gasteiger partial charge in [0.1, 0.15) is 5.82 Å². The van der Waals surface area contributed by atoms with E-state index in [1.54, 1.807) is 31.2 Å². The predicted octanol–water partition coefficient (Wildman–Crippen LogP) is 1.62. The Kier molecular flexibility index (Phi) is 4.79. The Labute approximate surface area is 116 Å². The van der Waals surface area contributed by atoms with Gasteiger partial charge >= 0.3 is 0 Å². The summed E-state index contributed by atoms with van der Waals surface area (Å²) in [4.78, 5) is 11.8. The van der Waals surface area contributed by atoms with Crippen molar-refractivity contribution in [3.05, 3.63) is 53.4 Å². The molecule has 0 bridgehead atoms. The van der Waals surface area contributed by atoms with Crippen LogP contribution in [0, 0.1) is 5.82 Å². The Morgan fingerprint density at radius 2 is 2.15 bits per heavy atom. The largest absolute Gasteiger partial charge is 0.356 e. The number of hydrogen-bond acceptors (Lipinski definition) is 4. The van der Waals surface area contributed by atoms with Crippen molar-refractivity contribution in [2.24, 2.45) is 0 Å². The highest BCUT2D eigenvalue weighted by Crippen LogP contribution is 2.19. The minimum absolute atomic E-state index is 0.143. The molecule has 2 rings (SSSR count). The number of allylic oxidation sites excluding steroid dienone is 1. The predicted molar refractivity (Wildman–Crippen MR) is 73.1 cm³/mol. The van der Waals surface area contributed by atoms with Crippen molar-refractivity contribution in [2.75, 3.05) is 6.61 Å². The smallest absolute Gasteiger partial charge is 0.214 e. The summed E-state index contributed by atoms with van der Waals surface area (Å²) in [5.74, 6) is -0.472. The zero-order valence-electron chi connectivity index (χ0n) is 11.0. The molecule has 1 aromatic rings. The number of benzene rings is 1. The molecule has 1 aliphatic rings. The fraction of sp³-hybridized carbons (Fsp3) is 0.267. The van der Waals surface area contributed by atoms with Crippen LogP contribution in [0.2, 0.25) is 0 Å². The Morgan fingerprint density at radius 3 is 2.80 bits per heavy atom. The maximum Gasteiger partial charge on any atom is 0.214 e. The zero-order valence-corrected chi connectivity index (χ0v) is 11.0. The van der Waals surface area contributed by atoms with Crippen molar-refractivity contribution in [2.45, 2.75) is 19.4 Å². The van der Waals surface area contributed by atoms with Gasteiger partial charge in [0.2, 0.25) is 6.41 Å². The molecule has 0 fully saturated rings. The summed E-state index contributed by atoms with van der Waals surface area (Å²) in [6, 6.07) is 5.41. The summed E-state index contributed by atoms with van der Waals surface area (Å²) < 4.78 is 17.8. The molecular formula is C15H16FNO3. The van der Waals surface area contributed by atoms with E-state index in [9.17, 15) is 14.3 Å². The van der Waals surface area contributed by atoms with Crippen LogP contribution in [0.1, 0.15) is 12.5 Å². The van der Waals surface area contributed by atoms with E-state index in [1.807, 2.05) is 0 Å². The van der Waals surface area contributed by atoms with Gasteiger partial charge in [0, 0.05) is 12.2 Å². The highest BCUT2D eigenvalue weighted by molar-refractivity contribution is 6.11. The number of hydrogen-bond donors (Lipinski definition) is 2. The van der Waals surface area contributed by atoms with E-state index in [1.165, 1.54) is 18.2 Å². The molecule has 0 amide bonds. The van der Waals surface area contributed by atoms with Crippen LogP contribution in [0.25, 0.3) is 6.08 Å². The molecule has 1 aliphatic carbocycles. The molecule has 2 N–H and O–H groups in total. The van der Waals surface area contributed by atoms with Crippen molar-refractivity contribution < 1.29 is 19.0 Å². The molecule has 0 aromatic heterocycles. The summed E-state index contributed by atoms with van der Waals surface area (Å²) in [6.07, 6.45) is 3.61. The van der Waals surface area contributed by atoms with E-state index in [2.05, 4.69) is 5.32 Å². The number of carbonyl (C=O) groups excluding carboxylic acids is 1. The van der Waals surface area contributed by atoms with Crippen molar-refractivity contribution in [1.82, 2.24) is 5.32 Å². The second-order valence-electron chi connectivity index (χ2n) is 4.33. The molecule has 0 aliphatic heterocycles. The molecule has 1 aromatic carbocycles. The maximum absolute atomic E-state index is 12.8. The van der Waals surface area contributed by atoms with Crippen LogP contribution in [-0.2, 0) is 9.53 Å². The van der Waals surface area contributed by atoms with Crippen molar-refractivity contribution >= 4 is 11.9 Å². The van der Waals surface area contributed by atoms with Crippen molar-refractivity contribution in [3.63, 3.8) is 0 Å². The van der Waals surface area contributed by atoms with E-state index >= 15 is 0 Å². The van der Waals surface area contributed by atoms with E-state index in [0.717, 1.165) is 5.56 Å². The molecule has 0 saturated heterocycles. The van der Waals surface area contributed by atoms with Gasteiger partial charge in [-0.3, -0.25) is 10.1 Å². The van der Waals surface area contributed by atoms with Crippen molar-refractivity contribution in [3.8, 4) is 0 Å². The number of ketones is 1. The second kappa shape index (κ2) is 6.56. The van der Waals surface area contributed by atoms with E-state index in [-0.39, 0.29) is 11.6 Å². The molecule has 0 spiro atoms. The SMILES string of the molecule is CCOC(O)NC1C=CC(=O)/C1=C/c1ccc(F)cc1. The van der Waals surface area contributed by atoms with Crippen LogP contribution < -0.4 is 5.32 Å². The number of halogens is 1. The minimum atomic E-state index is -1.14. The Balaban J connectivity index is 2.15. The van der Waals surface area contributed by atoms with Gasteiger partial charge in [0.05, 0.1) is 6.04 Å². The van der Waals surface area contributed by atoms with E-state index in [4.69, 9.17) is 4.74 Å². The highest BCUT2D eigenvalue weighted by atomic mass is 19.1. The standard InChI is InChI=1S/C15H16FNO3/c1-2-20-15(19)17-13-7-8-14(18)12(13)9-10-3-5-11(16)6-4-10/h3-9,13,15,17,19H,2H2,1H3/b12-9+. The van der Waals surface area contributed by atoms with Gasteiger partial charge in [-0.1, -0.05) is 18.2 Å². The Bertz CT molecular complexity index is 537. The summed E-state index contributed by atoms with van der Waals surface area (Å²) in [5.41, 5.74) is 1.20. The number of nitrogens with one attached hydrogen (secondary N) is 1. The molecule has 2 atom stereocenters. The average molecular weight is 277 g/mol. The first-order valence-electron chi connectivity index (χ1n) is 6.35. The molecule has 0 heterocycles. The van der Waals surface area contributed by atoms with Gasteiger partial charge in [-0.2, -0.15) is 0 Å². The molecule has 5 heteroatoms. The lowest BCUT2D eigenvalue weighted by molar-refractivity contribution is -0.119. The number of aliphatic hydroxyl groups is 1. The molecule has 4 nitrogen and oxygen atoms in total. The van der Waals surface area contributed by atoms with Crippen LogP contribution in [0.4, 0.5) is 4.39 Å². The number of carbonyl (C=O) groups is 1. The van der Waals surface area contributed by atoms with Gasteiger partial charge in [-0.15, -0.1) is 0 Å². The van der Waals surface area contributed by atoms with Gasteiger partial charge in [-0.05, 0) is 36.8 Å². The van der Waals surface area contributed by atoms with Crippen molar-refractivity contribution in [1.29, 1.82) is 0 Å². The lowest BCUT2D eigenvalue weighted by Crippen LogP contribution is -2.39. The fourth-order valence-corrected chi connectivity index (χ4v) is 1.94. The third-order valence-electron chi connectivity index (χ3n) is 2.90. The lowest BCUT2D eigenvalue weighted by atomic mass is 10.1. The highest BCUT2D eigenvalue weighted by Gasteiger charge is 2.24. The van der Waals surface area contributed by atoms with Crippen LogP contribution in [0.15, 0.2) is 42.0 Å². The third kappa shape index (κ3) is 3.60. The Hall–Kier alpha value is -1.82. The second-order valence-corrected chi connectivity index (χ2v) is 4.33. The molecule has 2 unspecified atom stereocenters. The summed E-state index contributed by atoms with van der Waals surface area (Å²) >= 11 is 0. The quantitative estimate of drug-likeness (QED) is 0.634. The number of aliphatic hydroxyl groups excluding tert-OH is 1. The van der Waals surface area contributed by atoms with Crippen LogP contribution in [0.5, 0.6) is 0 Å². The molecule has 0 saturated carbocycles. The molecule has 106 valence electrons. The number of ether oxygens (including phenoxy) is 1. The monoisotopic (exact) mass is 277 g/mol.